The Hall–Kier alpha value is -4.01. The van der Waals surface area contributed by atoms with Crippen LogP contribution < -0.4 is 25.6 Å². The monoisotopic (exact) mass is 475 g/mol. The summed E-state index contributed by atoms with van der Waals surface area (Å²) in [5, 5.41) is 0. The molecule has 3 heterocycles. The number of hydrogen-bond acceptors (Lipinski definition) is 6. The molecule has 9 nitrogen and oxygen atoms in total. The van der Waals surface area contributed by atoms with Crippen molar-refractivity contribution in [3.63, 3.8) is 0 Å². The zero-order valence-corrected chi connectivity index (χ0v) is 20.4. The first kappa shape index (κ1) is 22.8. The first-order chi connectivity index (χ1) is 16.9. The van der Waals surface area contributed by atoms with E-state index in [1.54, 1.807) is 21.3 Å². The topological polar surface area (TPSA) is 83.5 Å². The molecule has 1 atom stereocenters. The lowest BCUT2D eigenvalue weighted by molar-refractivity contribution is 0.392. The van der Waals surface area contributed by atoms with Gasteiger partial charge >= 0.3 is 5.69 Å². The van der Waals surface area contributed by atoms with Gasteiger partial charge in [-0.2, -0.15) is 4.98 Å². The van der Waals surface area contributed by atoms with E-state index in [1.807, 2.05) is 58.0 Å². The quantitative estimate of drug-likeness (QED) is 0.426. The van der Waals surface area contributed by atoms with E-state index in [0.29, 0.717) is 54.7 Å². The molecule has 0 amide bonds. The molecule has 35 heavy (non-hydrogen) atoms. The first-order valence-corrected chi connectivity index (χ1v) is 11.7. The Bertz CT molecular complexity index is 1500. The van der Waals surface area contributed by atoms with Crippen LogP contribution in [0.4, 0.5) is 11.6 Å². The highest BCUT2D eigenvalue weighted by atomic mass is 16.5. The summed E-state index contributed by atoms with van der Waals surface area (Å²) in [6, 6.07) is 15.5. The summed E-state index contributed by atoms with van der Waals surface area (Å²) >= 11 is 0. The molecule has 2 aromatic heterocycles. The summed E-state index contributed by atoms with van der Waals surface area (Å²) in [6.45, 7) is 3.76. The summed E-state index contributed by atoms with van der Waals surface area (Å²) in [6.07, 6.45) is 0.591. The second-order valence-electron chi connectivity index (χ2n) is 8.98. The molecule has 182 valence electrons. The average Bonchev–Trinajstić information content (AvgIpc) is 3.26. The fraction of sp³-hybridized carbons (Fsp3) is 0.346. The third-order valence-electron chi connectivity index (χ3n) is 6.59. The highest BCUT2D eigenvalue weighted by Gasteiger charge is 2.31. The second-order valence-corrected chi connectivity index (χ2v) is 8.98. The molecule has 0 unspecified atom stereocenters. The van der Waals surface area contributed by atoms with Crippen molar-refractivity contribution in [2.45, 2.75) is 26.4 Å². The molecule has 0 saturated heterocycles. The summed E-state index contributed by atoms with van der Waals surface area (Å²) in [5.74, 6) is 2.19. The number of aryl methyl sites for hydroxylation is 2. The first-order valence-electron chi connectivity index (χ1n) is 11.7. The number of aromatic nitrogens is 4. The minimum absolute atomic E-state index is 0.237. The van der Waals surface area contributed by atoms with Gasteiger partial charge in [0.1, 0.15) is 11.5 Å². The van der Waals surface area contributed by atoms with Gasteiger partial charge in [0, 0.05) is 32.7 Å². The van der Waals surface area contributed by atoms with Gasteiger partial charge < -0.3 is 18.9 Å². The number of hydrogen-bond donors (Lipinski definition) is 0. The summed E-state index contributed by atoms with van der Waals surface area (Å²) < 4.78 is 15.7. The van der Waals surface area contributed by atoms with Gasteiger partial charge in [0.05, 0.1) is 19.9 Å². The Balaban J connectivity index is 1.65. The maximum absolute atomic E-state index is 13.6. The summed E-state index contributed by atoms with van der Waals surface area (Å²) in [4.78, 5) is 33.6. The number of fused-ring (bicyclic) bond motifs is 3. The number of methoxy groups -OCH3 is 2. The fourth-order valence-corrected chi connectivity index (χ4v) is 4.80. The number of ether oxygens (including phenoxy) is 2. The Morgan fingerprint density at radius 3 is 2.51 bits per heavy atom. The predicted octanol–water partition coefficient (Wildman–Crippen LogP) is 2.94. The van der Waals surface area contributed by atoms with Crippen molar-refractivity contribution in [3.05, 3.63) is 74.9 Å². The lowest BCUT2D eigenvalue weighted by atomic mass is 10.1. The van der Waals surface area contributed by atoms with Gasteiger partial charge in [0.25, 0.3) is 5.56 Å². The highest BCUT2D eigenvalue weighted by Crippen LogP contribution is 2.39. The molecule has 0 radical (unpaired) electrons. The minimum atomic E-state index is -0.365. The number of benzene rings is 2. The maximum Gasteiger partial charge on any atom is 0.332 e. The van der Waals surface area contributed by atoms with E-state index in [9.17, 15) is 9.59 Å². The van der Waals surface area contributed by atoms with Crippen molar-refractivity contribution in [3.8, 4) is 11.5 Å². The molecule has 1 aliphatic heterocycles. The van der Waals surface area contributed by atoms with Crippen LogP contribution in [0, 0.1) is 5.92 Å². The largest absolute Gasteiger partial charge is 0.497 e. The fourth-order valence-electron chi connectivity index (χ4n) is 4.80. The SMILES string of the molecule is COc1ccc(N2C[C@H](C)Cn3c2nc2c3c(=O)n(CCc3ccccc3)c(=O)n2C)c(OC)c1. The van der Waals surface area contributed by atoms with E-state index < -0.39 is 0 Å². The lowest BCUT2D eigenvalue weighted by Crippen LogP contribution is -2.40. The highest BCUT2D eigenvalue weighted by molar-refractivity contribution is 5.78. The van der Waals surface area contributed by atoms with Crippen LogP contribution in [0.2, 0.25) is 0 Å². The smallest absolute Gasteiger partial charge is 0.332 e. The number of imidazole rings is 1. The zero-order chi connectivity index (χ0) is 24.7. The van der Waals surface area contributed by atoms with E-state index in [-0.39, 0.29) is 17.2 Å². The van der Waals surface area contributed by atoms with E-state index in [2.05, 4.69) is 6.92 Å². The molecule has 5 rings (SSSR count). The molecule has 0 saturated carbocycles. The van der Waals surface area contributed by atoms with Crippen LogP contribution in [-0.2, 0) is 26.6 Å². The van der Waals surface area contributed by atoms with Gasteiger partial charge in [-0.05, 0) is 30.0 Å². The zero-order valence-electron chi connectivity index (χ0n) is 20.4. The Morgan fingerprint density at radius 1 is 1.03 bits per heavy atom. The Kier molecular flexibility index (Phi) is 5.84. The van der Waals surface area contributed by atoms with Crippen LogP contribution in [0.1, 0.15) is 12.5 Å². The molecule has 0 bridgehead atoms. The van der Waals surface area contributed by atoms with Gasteiger partial charge in [0.15, 0.2) is 11.2 Å². The van der Waals surface area contributed by atoms with Crippen LogP contribution in [0.15, 0.2) is 58.1 Å². The normalized spacial score (nSPS) is 15.3. The van der Waals surface area contributed by atoms with E-state index in [4.69, 9.17) is 14.5 Å². The Morgan fingerprint density at radius 2 is 1.80 bits per heavy atom. The van der Waals surface area contributed by atoms with Crippen molar-refractivity contribution in [2.24, 2.45) is 13.0 Å². The number of rotatable bonds is 6. The standard InChI is InChI=1S/C26H29N5O4/c1-17-15-30(20-11-10-19(34-3)14-21(20)35-4)25-27-23-22(31(25)16-17)24(32)29(26(33)28(23)2)13-12-18-8-6-5-7-9-18/h5-11,14,17H,12-13,15-16H2,1-4H3/t17-/m0/s1. The van der Waals surface area contributed by atoms with Crippen molar-refractivity contribution in [2.75, 3.05) is 25.7 Å². The molecule has 0 spiro atoms. The van der Waals surface area contributed by atoms with Gasteiger partial charge in [0.2, 0.25) is 5.95 Å². The van der Waals surface area contributed by atoms with Gasteiger partial charge in [-0.3, -0.25) is 13.9 Å². The maximum atomic E-state index is 13.6. The molecule has 0 aliphatic carbocycles. The van der Waals surface area contributed by atoms with E-state index in [1.165, 1.54) is 9.13 Å². The molecular weight excluding hydrogens is 446 g/mol. The molecule has 9 heteroatoms. The molecule has 1 aliphatic rings. The van der Waals surface area contributed by atoms with E-state index >= 15 is 0 Å². The second kappa shape index (κ2) is 8.98. The van der Waals surface area contributed by atoms with Gasteiger partial charge in [-0.25, -0.2) is 4.79 Å². The minimum Gasteiger partial charge on any atom is -0.497 e. The van der Waals surface area contributed by atoms with Crippen LogP contribution in [-0.4, -0.2) is 39.4 Å². The van der Waals surface area contributed by atoms with Crippen molar-refractivity contribution >= 4 is 22.8 Å². The summed E-state index contributed by atoms with van der Waals surface area (Å²) in [5.41, 5.74) is 2.05. The third-order valence-corrected chi connectivity index (χ3v) is 6.59. The van der Waals surface area contributed by atoms with Crippen LogP contribution in [0.25, 0.3) is 11.2 Å². The molecular formula is C26H29N5O4. The van der Waals surface area contributed by atoms with Crippen molar-refractivity contribution < 1.29 is 9.47 Å². The van der Waals surface area contributed by atoms with Crippen LogP contribution in [0.3, 0.4) is 0 Å². The third kappa shape index (κ3) is 3.86. The summed E-state index contributed by atoms with van der Waals surface area (Å²) in [7, 11) is 4.90. The van der Waals surface area contributed by atoms with Crippen molar-refractivity contribution in [1.82, 2.24) is 18.7 Å². The number of nitrogens with zero attached hydrogens (tertiary/aromatic N) is 5. The lowest BCUT2D eigenvalue weighted by Gasteiger charge is -2.33. The predicted molar refractivity (Wildman–Crippen MR) is 135 cm³/mol. The molecule has 2 aromatic carbocycles. The van der Waals surface area contributed by atoms with Gasteiger partial charge in [-0.1, -0.05) is 37.3 Å². The average molecular weight is 476 g/mol. The Labute approximate surface area is 202 Å². The molecule has 4 aromatic rings. The van der Waals surface area contributed by atoms with Gasteiger partial charge in [-0.15, -0.1) is 0 Å². The van der Waals surface area contributed by atoms with Crippen LogP contribution >= 0.6 is 0 Å². The number of anilines is 2. The molecule has 0 fully saturated rings. The van der Waals surface area contributed by atoms with E-state index in [0.717, 1.165) is 11.3 Å². The molecule has 0 N–H and O–H groups in total. The van der Waals surface area contributed by atoms with Crippen LogP contribution in [0.5, 0.6) is 11.5 Å². The van der Waals surface area contributed by atoms with Crippen molar-refractivity contribution in [1.29, 1.82) is 0 Å².